The molecule has 0 unspecified atom stereocenters. The van der Waals surface area contributed by atoms with E-state index in [-0.39, 0.29) is 5.56 Å². The van der Waals surface area contributed by atoms with Crippen molar-refractivity contribution in [1.29, 1.82) is 0 Å². The Balaban J connectivity index is 1.76. The highest BCUT2D eigenvalue weighted by Crippen LogP contribution is 2.26. The molecule has 0 atom stereocenters. The highest BCUT2D eigenvalue weighted by Gasteiger charge is 2.11. The van der Waals surface area contributed by atoms with Crippen molar-refractivity contribution < 1.29 is 14.3 Å². The van der Waals surface area contributed by atoms with Crippen LogP contribution in [-0.4, -0.2) is 17.3 Å². The van der Waals surface area contributed by atoms with Gasteiger partial charge in [-0.2, -0.15) is 5.10 Å². The zero-order chi connectivity index (χ0) is 17.8. The predicted octanol–water partition coefficient (Wildman–Crippen LogP) is 5.00. The van der Waals surface area contributed by atoms with Gasteiger partial charge in [-0.25, -0.2) is 4.79 Å². The molecule has 2 aromatic carbocycles. The number of carbonyl (C=O) groups is 1. The number of halogens is 1. The number of carboxylic acids is 1. The number of hydrazone groups is 1. The van der Waals surface area contributed by atoms with Crippen molar-refractivity contribution in [2.75, 3.05) is 5.43 Å². The van der Waals surface area contributed by atoms with Gasteiger partial charge >= 0.3 is 5.97 Å². The number of anilines is 1. The molecule has 1 heterocycles. The number of furan rings is 1. The van der Waals surface area contributed by atoms with Gasteiger partial charge in [0.1, 0.15) is 11.5 Å². The van der Waals surface area contributed by atoms with E-state index < -0.39 is 5.97 Å². The molecule has 0 fully saturated rings. The third kappa shape index (κ3) is 4.27. The SMILES string of the molecule is Cc1ccc(C(=O)O)cc1-c1ccc(C=NNc2ccc(I)cc2)o1. The van der Waals surface area contributed by atoms with Gasteiger partial charge in [0.25, 0.3) is 0 Å². The van der Waals surface area contributed by atoms with Gasteiger partial charge in [-0.1, -0.05) is 6.07 Å². The van der Waals surface area contributed by atoms with Gasteiger partial charge in [0.2, 0.25) is 0 Å². The number of carboxylic acid groups (broad SMARTS) is 1. The van der Waals surface area contributed by atoms with Crippen LogP contribution in [0.3, 0.4) is 0 Å². The normalized spacial score (nSPS) is 11.0. The minimum Gasteiger partial charge on any atom is -0.478 e. The summed E-state index contributed by atoms with van der Waals surface area (Å²) in [5, 5.41) is 13.3. The molecule has 6 heteroatoms. The van der Waals surface area contributed by atoms with Gasteiger partial charge in [0.05, 0.1) is 17.5 Å². The Kier molecular flexibility index (Phi) is 5.18. The first-order valence-corrected chi connectivity index (χ1v) is 8.59. The molecule has 0 saturated heterocycles. The summed E-state index contributed by atoms with van der Waals surface area (Å²) in [6, 6.07) is 16.4. The Morgan fingerprint density at radius 3 is 2.64 bits per heavy atom. The lowest BCUT2D eigenvalue weighted by molar-refractivity contribution is 0.0697. The smallest absolute Gasteiger partial charge is 0.335 e. The molecule has 126 valence electrons. The lowest BCUT2D eigenvalue weighted by atomic mass is 10.0. The largest absolute Gasteiger partial charge is 0.478 e. The van der Waals surface area contributed by atoms with E-state index >= 15 is 0 Å². The van der Waals surface area contributed by atoms with Crippen LogP contribution in [0.2, 0.25) is 0 Å². The zero-order valence-electron chi connectivity index (χ0n) is 13.4. The van der Waals surface area contributed by atoms with Crippen molar-refractivity contribution >= 4 is 40.5 Å². The molecule has 3 rings (SSSR count). The predicted molar refractivity (Wildman–Crippen MR) is 106 cm³/mol. The van der Waals surface area contributed by atoms with Crippen molar-refractivity contribution in [1.82, 2.24) is 0 Å². The Labute approximate surface area is 158 Å². The fraction of sp³-hybridized carbons (Fsp3) is 0.0526. The second-order valence-corrected chi connectivity index (χ2v) is 6.66. The third-order valence-electron chi connectivity index (χ3n) is 3.61. The lowest BCUT2D eigenvalue weighted by Crippen LogP contribution is -1.96. The summed E-state index contributed by atoms with van der Waals surface area (Å²) in [6.07, 6.45) is 1.58. The van der Waals surface area contributed by atoms with E-state index in [2.05, 4.69) is 33.1 Å². The van der Waals surface area contributed by atoms with Crippen LogP contribution in [-0.2, 0) is 0 Å². The second kappa shape index (κ2) is 7.52. The van der Waals surface area contributed by atoms with Gasteiger partial charge in [0.15, 0.2) is 0 Å². The van der Waals surface area contributed by atoms with E-state index in [4.69, 9.17) is 9.52 Å². The Morgan fingerprint density at radius 2 is 1.92 bits per heavy atom. The second-order valence-electron chi connectivity index (χ2n) is 5.41. The highest BCUT2D eigenvalue weighted by molar-refractivity contribution is 14.1. The van der Waals surface area contributed by atoms with Gasteiger partial charge < -0.3 is 9.52 Å². The first kappa shape index (κ1) is 17.2. The minimum absolute atomic E-state index is 0.229. The molecule has 25 heavy (non-hydrogen) atoms. The number of aryl methyl sites for hydroxylation is 1. The fourth-order valence-corrected chi connectivity index (χ4v) is 2.64. The molecule has 5 nitrogen and oxygen atoms in total. The molecule has 0 spiro atoms. The van der Waals surface area contributed by atoms with Crippen LogP contribution in [0.4, 0.5) is 5.69 Å². The fourth-order valence-electron chi connectivity index (χ4n) is 2.28. The van der Waals surface area contributed by atoms with Gasteiger partial charge in [0, 0.05) is 9.13 Å². The Hall–Kier alpha value is -2.61. The average Bonchev–Trinajstić information content (AvgIpc) is 3.05. The standard InChI is InChI=1S/C19H15IN2O3/c1-12-2-3-13(19(23)24)10-17(12)18-9-8-16(25-18)11-21-22-15-6-4-14(20)5-7-15/h2-11,22H,1H3,(H,23,24). The third-order valence-corrected chi connectivity index (χ3v) is 4.33. The maximum Gasteiger partial charge on any atom is 0.335 e. The molecule has 0 bridgehead atoms. The van der Waals surface area contributed by atoms with Crippen molar-refractivity contribution in [3.63, 3.8) is 0 Å². The molecule has 3 aromatic rings. The molecular weight excluding hydrogens is 431 g/mol. The number of benzene rings is 2. The number of hydrogen-bond acceptors (Lipinski definition) is 4. The minimum atomic E-state index is -0.962. The molecule has 0 amide bonds. The lowest BCUT2D eigenvalue weighted by Gasteiger charge is -2.04. The highest BCUT2D eigenvalue weighted by atomic mass is 127. The van der Waals surface area contributed by atoms with Gasteiger partial charge in [-0.15, -0.1) is 0 Å². The van der Waals surface area contributed by atoms with E-state index in [0.717, 1.165) is 20.4 Å². The van der Waals surface area contributed by atoms with Crippen LogP contribution in [0.25, 0.3) is 11.3 Å². The number of rotatable bonds is 5. The molecular formula is C19H15IN2O3. The molecule has 0 radical (unpaired) electrons. The van der Waals surface area contributed by atoms with Crippen molar-refractivity contribution in [3.8, 4) is 11.3 Å². The first-order chi connectivity index (χ1) is 12.0. The van der Waals surface area contributed by atoms with E-state index in [1.807, 2.05) is 31.2 Å². The maximum atomic E-state index is 11.1. The van der Waals surface area contributed by atoms with Crippen molar-refractivity contribution in [2.24, 2.45) is 5.10 Å². The topological polar surface area (TPSA) is 74.8 Å². The van der Waals surface area contributed by atoms with E-state index in [0.29, 0.717) is 11.5 Å². The Bertz CT molecular complexity index is 930. The number of hydrogen-bond donors (Lipinski definition) is 2. The van der Waals surface area contributed by atoms with Crippen LogP contribution in [0.5, 0.6) is 0 Å². The van der Waals surface area contributed by atoms with Crippen molar-refractivity contribution in [3.05, 3.63) is 75.1 Å². The molecule has 0 aliphatic carbocycles. The van der Waals surface area contributed by atoms with Crippen LogP contribution >= 0.6 is 22.6 Å². The van der Waals surface area contributed by atoms with E-state index in [9.17, 15) is 4.79 Å². The summed E-state index contributed by atoms with van der Waals surface area (Å²) in [5.74, 6) is 0.223. The molecule has 0 saturated carbocycles. The molecule has 0 aliphatic rings. The van der Waals surface area contributed by atoms with Crippen LogP contribution in [0.15, 0.2) is 64.1 Å². The monoisotopic (exact) mass is 446 g/mol. The van der Waals surface area contributed by atoms with Crippen LogP contribution < -0.4 is 5.43 Å². The van der Waals surface area contributed by atoms with Crippen LogP contribution in [0, 0.1) is 10.5 Å². The zero-order valence-corrected chi connectivity index (χ0v) is 15.5. The number of aromatic carboxylic acids is 1. The number of nitrogens with zero attached hydrogens (tertiary/aromatic N) is 1. The summed E-state index contributed by atoms with van der Waals surface area (Å²) in [5.41, 5.74) is 5.74. The van der Waals surface area contributed by atoms with E-state index in [1.165, 1.54) is 0 Å². The quantitative estimate of drug-likeness (QED) is 0.329. The maximum absolute atomic E-state index is 11.1. The van der Waals surface area contributed by atoms with E-state index in [1.54, 1.807) is 36.5 Å². The van der Waals surface area contributed by atoms with Crippen molar-refractivity contribution in [2.45, 2.75) is 6.92 Å². The molecule has 0 aliphatic heterocycles. The summed E-state index contributed by atoms with van der Waals surface area (Å²) in [4.78, 5) is 11.1. The van der Waals surface area contributed by atoms with Gasteiger partial charge in [-0.05, 0) is 83.6 Å². The molecule has 1 aromatic heterocycles. The van der Waals surface area contributed by atoms with Gasteiger partial charge in [-0.3, -0.25) is 5.43 Å². The number of nitrogens with one attached hydrogen (secondary N) is 1. The summed E-state index contributed by atoms with van der Waals surface area (Å²) in [7, 11) is 0. The average molecular weight is 446 g/mol. The van der Waals surface area contributed by atoms with Crippen LogP contribution in [0.1, 0.15) is 21.7 Å². The summed E-state index contributed by atoms with van der Waals surface area (Å²) in [6.45, 7) is 1.91. The first-order valence-electron chi connectivity index (χ1n) is 7.52. The Morgan fingerprint density at radius 1 is 1.16 bits per heavy atom. The summed E-state index contributed by atoms with van der Waals surface area (Å²) < 4.78 is 6.91. The molecule has 2 N–H and O–H groups in total. The summed E-state index contributed by atoms with van der Waals surface area (Å²) >= 11 is 2.24.